The standard InChI is InChI=1S/C17H24BrN3O3/c1-13(20-8-6-19(2)7-9-20)17(24)21(12-16(22)23)11-14-4-3-5-15(18)10-14/h3-5,10,13H,6-9,11-12H2,1-2H3,(H,22,23). The van der Waals surface area contributed by atoms with Gasteiger partial charge in [0, 0.05) is 37.2 Å². The van der Waals surface area contributed by atoms with Crippen LogP contribution >= 0.6 is 15.9 Å². The molecule has 1 amide bonds. The number of aliphatic carboxylic acids is 1. The molecule has 0 aromatic heterocycles. The molecule has 1 aliphatic heterocycles. The van der Waals surface area contributed by atoms with Gasteiger partial charge in [-0.2, -0.15) is 0 Å². The van der Waals surface area contributed by atoms with Crippen LogP contribution < -0.4 is 0 Å². The Balaban J connectivity index is 2.08. The molecule has 1 saturated heterocycles. The zero-order chi connectivity index (χ0) is 17.7. The lowest BCUT2D eigenvalue weighted by Crippen LogP contribution is -2.54. The van der Waals surface area contributed by atoms with Gasteiger partial charge in [-0.25, -0.2) is 0 Å². The number of benzene rings is 1. The highest BCUT2D eigenvalue weighted by Crippen LogP contribution is 2.15. The summed E-state index contributed by atoms with van der Waals surface area (Å²) in [6.45, 7) is 5.35. The highest BCUT2D eigenvalue weighted by Gasteiger charge is 2.29. The van der Waals surface area contributed by atoms with E-state index < -0.39 is 5.97 Å². The van der Waals surface area contributed by atoms with Crippen molar-refractivity contribution in [3.05, 3.63) is 34.3 Å². The van der Waals surface area contributed by atoms with Crippen LogP contribution in [-0.2, 0) is 16.1 Å². The molecule has 0 radical (unpaired) electrons. The Morgan fingerprint density at radius 3 is 2.54 bits per heavy atom. The Hall–Kier alpha value is -1.44. The summed E-state index contributed by atoms with van der Waals surface area (Å²) in [6.07, 6.45) is 0. The van der Waals surface area contributed by atoms with E-state index in [1.54, 1.807) is 0 Å². The van der Waals surface area contributed by atoms with Crippen molar-refractivity contribution >= 4 is 27.8 Å². The second kappa shape index (κ2) is 8.60. The molecule has 0 saturated carbocycles. The number of hydrogen-bond donors (Lipinski definition) is 1. The number of halogens is 1. The van der Waals surface area contributed by atoms with Crippen LogP contribution in [0.4, 0.5) is 0 Å². The predicted molar refractivity (Wildman–Crippen MR) is 95.7 cm³/mol. The molecule has 0 aliphatic carbocycles. The number of carbonyl (C=O) groups is 2. The van der Waals surface area contributed by atoms with E-state index in [9.17, 15) is 9.59 Å². The fraction of sp³-hybridized carbons (Fsp3) is 0.529. The normalized spacial score (nSPS) is 17.5. The van der Waals surface area contributed by atoms with Crippen LogP contribution in [-0.4, -0.2) is 77.5 Å². The molecule has 0 spiro atoms. The number of rotatable bonds is 6. The molecule has 0 bridgehead atoms. The Bertz CT molecular complexity index is 588. The SMILES string of the molecule is CC(C(=O)N(CC(=O)O)Cc1cccc(Br)c1)N1CCN(C)CC1. The van der Waals surface area contributed by atoms with Gasteiger partial charge >= 0.3 is 5.97 Å². The van der Waals surface area contributed by atoms with E-state index in [1.807, 2.05) is 31.2 Å². The van der Waals surface area contributed by atoms with Crippen molar-refractivity contribution in [2.24, 2.45) is 0 Å². The summed E-state index contributed by atoms with van der Waals surface area (Å²) in [4.78, 5) is 29.8. The summed E-state index contributed by atoms with van der Waals surface area (Å²) >= 11 is 3.40. The van der Waals surface area contributed by atoms with Gasteiger partial charge in [0.05, 0.1) is 6.04 Å². The zero-order valence-electron chi connectivity index (χ0n) is 14.1. The molecule has 1 aromatic carbocycles. The van der Waals surface area contributed by atoms with Gasteiger partial charge in [-0.3, -0.25) is 14.5 Å². The maximum atomic E-state index is 12.8. The third-order valence-corrected chi connectivity index (χ3v) is 4.84. The number of piperazine rings is 1. The number of amides is 1. The smallest absolute Gasteiger partial charge is 0.323 e. The van der Waals surface area contributed by atoms with Crippen molar-refractivity contribution in [1.82, 2.24) is 14.7 Å². The van der Waals surface area contributed by atoms with Crippen molar-refractivity contribution in [3.8, 4) is 0 Å². The second-order valence-corrected chi connectivity index (χ2v) is 7.15. The fourth-order valence-corrected chi connectivity index (χ4v) is 3.31. The molecule has 132 valence electrons. The highest BCUT2D eigenvalue weighted by molar-refractivity contribution is 9.10. The zero-order valence-corrected chi connectivity index (χ0v) is 15.7. The van der Waals surface area contributed by atoms with E-state index in [4.69, 9.17) is 5.11 Å². The van der Waals surface area contributed by atoms with Gasteiger partial charge in [0.1, 0.15) is 6.54 Å². The number of nitrogens with zero attached hydrogens (tertiary/aromatic N) is 3. The molecule has 1 fully saturated rings. The molecule has 1 unspecified atom stereocenters. The van der Waals surface area contributed by atoms with Crippen LogP contribution in [0.2, 0.25) is 0 Å². The Morgan fingerprint density at radius 1 is 1.29 bits per heavy atom. The first-order chi connectivity index (χ1) is 11.4. The minimum atomic E-state index is -0.996. The van der Waals surface area contributed by atoms with E-state index in [-0.39, 0.29) is 18.5 Å². The minimum absolute atomic E-state index is 0.137. The van der Waals surface area contributed by atoms with Gasteiger partial charge in [0.2, 0.25) is 5.91 Å². The summed E-state index contributed by atoms with van der Waals surface area (Å²) in [5.41, 5.74) is 0.907. The topological polar surface area (TPSA) is 64.1 Å². The lowest BCUT2D eigenvalue weighted by molar-refractivity contribution is -0.147. The van der Waals surface area contributed by atoms with Gasteiger partial charge in [-0.05, 0) is 31.7 Å². The van der Waals surface area contributed by atoms with Crippen molar-refractivity contribution in [3.63, 3.8) is 0 Å². The van der Waals surface area contributed by atoms with Crippen molar-refractivity contribution in [2.75, 3.05) is 39.8 Å². The quantitative estimate of drug-likeness (QED) is 0.787. The molecule has 7 heteroatoms. The average molecular weight is 398 g/mol. The lowest BCUT2D eigenvalue weighted by Gasteiger charge is -2.37. The van der Waals surface area contributed by atoms with Crippen molar-refractivity contribution < 1.29 is 14.7 Å². The molecular formula is C17H24BrN3O3. The third-order valence-electron chi connectivity index (χ3n) is 4.34. The van der Waals surface area contributed by atoms with Gasteiger partial charge in [-0.15, -0.1) is 0 Å². The Labute approximate surface area is 151 Å². The summed E-state index contributed by atoms with van der Waals surface area (Å²) in [7, 11) is 2.06. The molecule has 24 heavy (non-hydrogen) atoms. The van der Waals surface area contributed by atoms with Crippen LogP contribution in [0, 0.1) is 0 Å². The highest BCUT2D eigenvalue weighted by atomic mass is 79.9. The number of carbonyl (C=O) groups excluding carboxylic acids is 1. The van der Waals surface area contributed by atoms with Gasteiger partial charge < -0.3 is 14.9 Å². The van der Waals surface area contributed by atoms with Crippen LogP contribution in [0.5, 0.6) is 0 Å². The van der Waals surface area contributed by atoms with Crippen LogP contribution in [0.1, 0.15) is 12.5 Å². The largest absolute Gasteiger partial charge is 0.480 e. The lowest BCUT2D eigenvalue weighted by atomic mass is 10.1. The van der Waals surface area contributed by atoms with E-state index in [0.717, 1.165) is 36.2 Å². The fourth-order valence-electron chi connectivity index (χ4n) is 2.86. The molecule has 1 N–H and O–H groups in total. The van der Waals surface area contributed by atoms with Gasteiger partial charge in [-0.1, -0.05) is 28.1 Å². The predicted octanol–water partition coefficient (Wildman–Crippen LogP) is 1.50. The maximum Gasteiger partial charge on any atom is 0.323 e. The number of hydrogen-bond acceptors (Lipinski definition) is 4. The molecule has 1 aromatic rings. The van der Waals surface area contributed by atoms with Gasteiger partial charge in [0.15, 0.2) is 0 Å². The number of carboxylic acid groups (broad SMARTS) is 1. The molecular weight excluding hydrogens is 374 g/mol. The maximum absolute atomic E-state index is 12.8. The minimum Gasteiger partial charge on any atom is -0.480 e. The van der Waals surface area contributed by atoms with Crippen LogP contribution in [0.25, 0.3) is 0 Å². The average Bonchev–Trinajstić information content (AvgIpc) is 2.53. The number of likely N-dealkylation sites (N-methyl/N-ethyl adjacent to an activating group) is 1. The first kappa shape index (κ1) is 18.9. The molecule has 6 nitrogen and oxygen atoms in total. The Morgan fingerprint density at radius 2 is 1.96 bits per heavy atom. The van der Waals surface area contributed by atoms with Crippen molar-refractivity contribution in [1.29, 1.82) is 0 Å². The summed E-state index contributed by atoms with van der Waals surface area (Å²) in [5.74, 6) is -1.13. The summed E-state index contributed by atoms with van der Waals surface area (Å²) in [6, 6.07) is 7.27. The first-order valence-electron chi connectivity index (χ1n) is 8.04. The third kappa shape index (κ3) is 5.29. The van der Waals surface area contributed by atoms with Crippen LogP contribution in [0.15, 0.2) is 28.7 Å². The molecule has 1 aliphatic rings. The van der Waals surface area contributed by atoms with Crippen molar-refractivity contribution in [2.45, 2.75) is 19.5 Å². The Kier molecular flexibility index (Phi) is 6.77. The second-order valence-electron chi connectivity index (χ2n) is 6.23. The number of carboxylic acids is 1. The molecule has 1 heterocycles. The monoisotopic (exact) mass is 397 g/mol. The van der Waals surface area contributed by atoms with Gasteiger partial charge in [0.25, 0.3) is 0 Å². The van der Waals surface area contributed by atoms with E-state index >= 15 is 0 Å². The van der Waals surface area contributed by atoms with E-state index in [2.05, 4.69) is 32.8 Å². The van der Waals surface area contributed by atoms with E-state index in [1.165, 1.54) is 4.90 Å². The first-order valence-corrected chi connectivity index (χ1v) is 8.83. The summed E-state index contributed by atoms with van der Waals surface area (Å²) in [5, 5.41) is 9.17. The summed E-state index contributed by atoms with van der Waals surface area (Å²) < 4.78 is 0.912. The van der Waals surface area contributed by atoms with Crippen LogP contribution in [0.3, 0.4) is 0 Å². The van der Waals surface area contributed by atoms with E-state index in [0.29, 0.717) is 6.54 Å². The molecule has 1 atom stereocenters. The molecule has 2 rings (SSSR count).